The fourth-order valence-electron chi connectivity index (χ4n) is 2.57. The van der Waals surface area contributed by atoms with Gasteiger partial charge in [0.1, 0.15) is 17.1 Å². The number of benzene rings is 1. The van der Waals surface area contributed by atoms with Crippen LogP contribution in [0.25, 0.3) is 0 Å². The van der Waals surface area contributed by atoms with Crippen LogP contribution in [0.4, 0.5) is 10.7 Å². The summed E-state index contributed by atoms with van der Waals surface area (Å²) in [6, 6.07) is 4.72. The largest absolute Gasteiger partial charge is 0.508 e. The van der Waals surface area contributed by atoms with Crippen molar-refractivity contribution in [1.82, 2.24) is 9.97 Å². The summed E-state index contributed by atoms with van der Waals surface area (Å²) in [5.41, 5.74) is 0.00425. The smallest absolute Gasteiger partial charge is 0.417 e. The minimum atomic E-state index is -0.745. The SMILES string of the molecule is CCOC(=O)c1cnc(N(Cc2cc(O)cc(OC(C)C)c2)C(=O)OC(C)(C)C)nc1. The number of aromatic hydroxyl groups is 1. The van der Waals surface area contributed by atoms with E-state index in [-0.39, 0.29) is 36.5 Å². The van der Waals surface area contributed by atoms with Crippen molar-refractivity contribution in [1.29, 1.82) is 0 Å². The molecule has 0 aliphatic carbocycles. The number of carbonyl (C=O) groups excluding carboxylic acids is 2. The van der Waals surface area contributed by atoms with Crippen molar-refractivity contribution in [2.24, 2.45) is 0 Å². The fraction of sp³-hybridized carbons (Fsp3) is 0.455. The van der Waals surface area contributed by atoms with Gasteiger partial charge in [0.2, 0.25) is 5.95 Å². The summed E-state index contributed by atoms with van der Waals surface area (Å²) in [6.45, 7) is 10.9. The zero-order chi connectivity index (χ0) is 23.2. The molecule has 0 aliphatic rings. The predicted octanol–water partition coefficient (Wildman–Crippen LogP) is 4.09. The Morgan fingerprint density at radius 3 is 2.32 bits per heavy atom. The van der Waals surface area contributed by atoms with Crippen molar-refractivity contribution in [3.05, 3.63) is 41.7 Å². The van der Waals surface area contributed by atoms with Crippen LogP contribution in [0.1, 0.15) is 57.5 Å². The first-order valence-corrected chi connectivity index (χ1v) is 9.97. The predicted molar refractivity (Wildman–Crippen MR) is 114 cm³/mol. The lowest BCUT2D eigenvalue weighted by molar-refractivity contribution is 0.0524. The molecule has 0 spiro atoms. The Labute approximate surface area is 182 Å². The molecule has 168 valence electrons. The van der Waals surface area contributed by atoms with Gasteiger partial charge in [0.15, 0.2) is 0 Å². The summed E-state index contributed by atoms with van der Waals surface area (Å²) >= 11 is 0. The third kappa shape index (κ3) is 7.44. The van der Waals surface area contributed by atoms with Gasteiger partial charge in [-0.2, -0.15) is 0 Å². The first-order valence-electron chi connectivity index (χ1n) is 9.97. The summed E-state index contributed by atoms with van der Waals surface area (Å²) in [5.74, 6) is -0.0538. The van der Waals surface area contributed by atoms with Crippen LogP contribution in [-0.2, 0) is 16.0 Å². The molecule has 9 nitrogen and oxygen atoms in total. The Kier molecular flexibility index (Phi) is 7.79. The van der Waals surface area contributed by atoms with Gasteiger partial charge in [-0.25, -0.2) is 24.5 Å². The number of phenolic OH excluding ortho intramolecular Hbond substituents is 1. The summed E-state index contributed by atoms with van der Waals surface area (Å²) in [7, 11) is 0. The lowest BCUT2D eigenvalue weighted by atomic mass is 10.2. The number of carbonyl (C=O) groups is 2. The molecule has 0 radical (unpaired) electrons. The van der Waals surface area contributed by atoms with Gasteiger partial charge in [-0.15, -0.1) is 0 Å². The zero-order valence-electron chi connectivity index (χ0n) is 18.7. The molecule has 1 N–H and O–H groups in total. The highest BCUT2D eigenvalue weighted by molar-refractivity contribution is 5.89. The molecule has 0 aliphatic heterocycles. The fourth-order valence-corrected chi connectivity index (χ4v) is 2.57. The highest BCUT2D eigenvalue weighted by Crippen LogP contribution is 2.25. The van der Waals surface area contributed by atoms with Crippen LogP contribution in [-0.4, -0.2) is 45.4 Å². The number of hydrogen-bond acceptors (Lipinski definition) is 8. The Bertz CT molecular complexity index is 906. The summed E-state index contributed by atoms with van der Waals surface area (Å²) in [5, 5.41) is 10.1. The van der Waals surface area contributed by atoms with Gasteiger partial charge in [-0.3, -0.25) is 0 Å². The van der Waals surface area contributed by atoms with Crippen LogP contribution >= 0.6 is 0 Å². The van der Waals surface area contributed by atoms with Crippen LogP contribution in [0.15, 0.2) is 30.6 Å². The molecule has 31 heavy (non-hydrogen) atoms. The van der Waals surface area contributed by atoms with Crippen LogP contribution in [0.2, 0.25) is 0 Å². The molecule has 1 aromatic carbocycles. The molecule has 0 atom stereocenters. The summed E-state index contributed by atoms with van der Waals surface area (Å²) < 4.78 is 16.1. The van der Waals surface area contributed by atoms with E-state index >= 15 is 0 Å². The van der Waals surface area contributed by atoms with E-state index in [2.05, 4.69) is 9.97 Å². The minimum absolute atomic E-state index is 0.00383. The number of anilines is 1. The van der Waals surface area contributed by atoms with E-state index in [1.54, 1.807) is 33.8 Å². The van der Waals surface area contributed by atoms with Crippen molar-refractivity contribution in [2.45, 2.75) is 59.8 Å². The molecule has 0 saturated carbocycles. The van der Waals surface area contributed by atoms with E-state index in [1.807, 2.05) is 13.8 Å². The van der Waals surface area contributed by atoms with Crippen molar-refractivity contribution in [3.63, 3.8) is 0 Å². The van der Waals surface area contributed by atoms with Gasteiger partial charge >= 0.3 is 12.1 Å². The van der Waals surface area contributed by atoms with E-state index in [0.717, 1.165) is 0 Å². The highest BCUT2D eigenvalue weighted by Gasteiger charge is 2.26. The van der Waals surface area contributed by atoms with Gasteiger partial charge in [0.25, 0.3) is 0 Å². The highest BCUT2D eigenvalue weighted by atomic mass is 16.6. The number of ether oxygens (including phenoxy) is 3. The Hall–Kier alpha value is -3.36. The van der Waals surface area contributed by atoms with Crippen LogP contribution in [0.3, 0.4) is 0 Å². The zero-order valence-corrected chi connectivity index (χ0v) is 18.7. The standard InChI is InChI=1S/C22H29N3O6/c1-7-29-19(27)16-11-23-20(24-12-16)25(21(28)31-22(4,5)6)13-15-8-17(26)10-18(9-15)30-14(2)3/h8-12,14,26H,7,13H2,1-6H3. The molecular formula is C22H29N3O6. The molecular weight excluding hydrogens is 402 g/mol. The second-order valence-corrected chi connectivity index (χ2v) is 8.06. The van der Waals surface area contributed by atoms with Gasteiger partial charge in [-0.05, 0) is 59.2 Å². The normalized spacial score (nSPS) is 11.2. The molecule has 2 aromatic rings. The first-order chi connectivity index (χ1) is 14.5. The average molecular weight is 431 g/mol. The van der Waals surface area contributed by atoms with Crippen LogP contribution in [0, 0.1) is 0 Å². The van der Waals surface area contributed by atoms with E-state index in [9.17, 15) is 14.7 Å². The van der Waals surface area contributed by atoms with Crippen molar-refractivity contribution in [2.75, 3.05) is 11.5 Å². The number of amides is 1. The van der Waals surface area contributed by atoms with Crippen molar-refractivity contribution < 1.29 is 28.9 Å². The molecule has 2 rings (SSSR count). The molecule has 1 aromatic heterocycles. The second kappa shape index (κ2) is 10.1. The van der Waals surface area contributed by atoms with Gasteiger partial charge in [0.05, 0.1) is 24.8 Å². The topological polar surface area (TPSA) is 111 Å². The maximum atomic E-state index is 12.9. The van der Waals surface area contributed by atoms with E-state index in [1.165, 1.54) is 29.4 Å². The van der Waals surface area contributed by atoms with Crippen LogP contribution in [0.5, 0.6) is 11.5 Å². The van der Waals surface area contributed by atoms with E-state index in [0.29, 0.717) is 11.3 Å². The lowest BCUT2D eigenvalue weighted by Gasteiger charge is -2.26. The number of aromatic nitrogens is 2. The maximum Gasteiger partial charge on any atom is 0.417 e. The van der Waals surface area contributed by atoms with E-state index in [4.69, 9.17) is 14.2 Å². The molecule has 1 amide bonds. The third-order valence-corrected chi connectivity index (χ3v) is 3.67. The molecule has 1 heterocycles. The molecule has 0 fully saturated rings. The van der Waals surface area contributed by atoms with Gasteiger partial charge in [0, 0.05) is 18.5 Å². The van der Waals surface area contributed by atoms with Crippen molar-refractivity contribution >= 4 is 18.0 Å². The summed E-state index contributed by atoms with van der Waals surface area (Å²) in [6.07, 6.45) is 1.81. The number of phenols is 1. The average Bonchev–Trinajstić information content (AvgIpc) is 2.64. The monoisotopic (exact) mass is 431 g/mol. The second-order valence-electron chi connectivity index (χ2n) is 8.06. The Balaban J connectivity index is 2.37. The number of nitrogens with zero attached hydrogens (tertiary/aromatic N) is 3. The lowest BCUT2D eigenvalue weighted by Crippen LogP contribution is -2.37. The molecule has 9 heteroatoms. The molecule has 0 saturated heterocycles. The van der Waals surface area contributed by atoms with Crippen LogP contribution < -0.4 is 9.64 Å². The van der Waals surface area contributed by atoms with E-state index < -0.39 is 17.7 Å². The Morgan fingerprint density at radius 2 is 1.77 bits per heavy atom. The molecule has 0 bridgehead atoms. The molecule has 0 unspecified atom stereocenters. The first kappa shape index (κ1) is 23.9. The minimum Gasteiger partial charge on any atom is -0.508 e. The van der Waals surface area contributed by atoms with Gasteiger partial charge < -0.3 is 19.3 Å². The summed E-state index contributed by atoms with van der Waals surface area (Å²) in [4.78, 5) is 34.2. The van der Waals surface area contributed by atoms with Crippen molar-refractivity contribution in [3.8, 4) is 11.5 Å². The Morgan fingerprint density at radius 1 is 1.13 bits per heavy atom. The maximum absolute atomic E-state index is 12.9. The number of hydrogen-bond donors (Lipinski definition) is 1. The number of esters is 1. The van der Waals surface area contributed by atoms with Gasteiger partial charge in [-0.1, -0.05) is 0 Å². The third-order valence-electron chi connectivity index (χ3n) is 3.67. The number of rotatable bonds is 7. The quantitative estimate of drug-likeness (QED) is 0.653.